The van der Waals surface area contributed by atoms with Gasteiger partial charge in [-0.25, -0.2) is 4.39 Å². The number of nitrogens with two attached hydrogens (primary N) is 1. The first-order chi connectivity index (χ1) is 5.41. The summed E-state index contributed by atoms with van der Waals surface area (Å²) in [5, 5.41) is 0. The van der Waals surface area contributed by atoms with E-state index in [1.54, 1.807) is 12.1 Å². The van der Waals surface area contributed by atoms with Gasteiger partial charge in [0.05, 0.1) is 0 Å². The van der Waals surface area contributed by atoms with Gasteiger partial charge in [-0.15, -0.1) is 0 Å². The zero-order valence-electron chi connectivity index (χ0n) is 7.07. The van der Waals surface area contributed by atoms with Crippen LogP contribution in [0.2, 0.25) is 0 Å². The van der Waals surface area contributed by atoms with Gasteiger partial charge in [0.15, 0.2) is 0 Å². The Morgan fingerprint density at radius 1 is 1.42 bits per heavy atom. The number of rotatable bonds is 1. The highest BCUT2D eigenvalue weighted by atomic mass is 127. The third-order valence-electron chi connectivity index (χ3n) is 1.66. The maximum atomic E-state index is 12.8. The molecular formula is C9H11FIN. The van der Waals surface area contributed by atoms with Crippen molar-refractivity contribution in [2.75, 3.05) is 0 Å². The second-order valence-electron chi connectivity index (χ2n) is 3.35. The van der Waals surface area contributed by atoms with Gasteiger partial charge in [0.1, 0.15) is 5.82 Å². The van der Waals surface area contributed by atoms with Crippen molar-refractivity contribution >= 4 is 22.6 Å². The average Bonchev–Trinajstić information content (AvgIpc) is 1.92. The first-order valence-corrected chi connectivity index (χ1v) is 4.73. The maximum absolute atomic E-state index is 12.8. The van der Waals surface area contributed by atoms with Gasteiger partial charge in [-0.1, -0.05) is 6.07 Å². The molecule has 0 aliphatic carbocycles. The molecule has 12 heavy (non-hydrogen) atoms. The Hall–Kier alpha value is -0.160. The molecular weight excluding hydrogens is 268 g/mol. The van der Waals surface area contributed by atoms with Crippen molar-refractivity contribution in [3.63, 3.8) is 0 Å². The van der Waals surface area contributed by atoms with Gasteiger partial charge in [0, 0.05) is 9.11 Å². The van der Waals surface area contributed by atoms with Crippen molar-refractivity contribution in [2.24, 2.45) is 5.73 Å². The van der Waals surface area contributed by atoms with E-state index in [4.69, 9.17) is 5.73 Å². The highest BCUT2D eigenvalue weighted by Gasteiger charge is 2.14. The molecule has 2 N–H and O–H groups in total. The molecule has 0 fully saturated rings. The average molecular weight is 279 g/mol. The lowest BCUT2D eigenvalue weighted by molar-refractivity contribution is 0.549. The van der Waals surface area contributed by atoms with Gasteiger partial charge in [-0.05, 0) is 54.1 Å². The summed E-state index contributed by atoms with van der Waals surface area (Å²) >= 11 is 1.96. The lowest BCUT2D eigenvalue weighted by Crippen LogP contribution is -2.28. The molecule has 1 aromatic carbocycles. The van der Waals surface area contributed by atoms with E-state index in [-0.39, 0.29) is 5.82 Å². The van der Waals surface area contributed by atoms with Gasteiger partial charge in [0.25, 0.3) is 0 Å². The summed E-state index contributed by atoms with van der Waals surface area (Å²) < 4.78 is 13.5. The third kappa shape index (κ3) is 2.17. The van der Waals surface area contributed by atoms with Crippen LogP contribution >= 0.6 is 22.6 Å². The summed E-state index contributed by atoms with van der Waals surface area (Å²) in [6.45, 7) is 3.80. The van der Waals surface area contributed by atoms with Crippen molar-refractivity contribution in [1.82, 2.24) is 0 Å². The van der Waals surface area contributed by atoms with Gasteiger partial charge in [-0.2, -0.15) is 0 Å². The molecule has 0 heterocycles. The quantitative estimate of drug-likeness (QED) is 0.786. The lowest BCUT2D eigenvalue weighted by atomic mass is 9.96. The molecule has 0 amide bonds. The summed E-state index contributed by atoms with van der Waals surface area (Å²) in [6.07, 6.45) is 0. The van der Waals surface area contributed by atoms with Crippen LogP contribution in [0.5, 0.6) is 0 Å². The van der Waals surface area contributed by atoms with Gasteiger partial charge in [0.2, 0.25) is 0 Å². The molecule has 66 valence electrons. The van der Waals surface area contributed by atoms with Crippen LogP contribution in [0.4, 0.5) is 4.39 Å². The van der Waals surface area contributed by atoms with Crippen molar-refractivity contribution in [3.8, 4) is 0 Å². The third-order valence-corrected chi connectivity index (χ3v) is 2.49. The zero-order chi connectivity index (χ0) is 9.35. The SMILES string of the molecule is CC(C)(N)c1ccc(F)c(I)c1. The molecule has 3 heteroatoms. The molecule has 0 aliphatic rings. The fraction of sp³-hybridized carbons (Fsp3) is 0.333. The van der Waals surface area contributed by atoms with E-state index in [0.717, 1.165) is 5.56 Å². The number of hydrogen-bond donors (Lipinski definition) is 1. The monoisotopic (exact) mass is 279 g/mol. The van der Waals surface area contributed by atoms with Crippen LogP contribution < -0.4 is 5.73 Å². The molecule has 0 spiro atoms. The number of benzene rings is 1. The van der Waals surface area contributed by atoms with Crippen molar-refractivity contribution in [1.29, 1.82) is 0 Å². The molecule has 0 bridgehead atoms. The van der Waals surface area contributed by atoms with Crippen molar-refractivity contribution in [2.45, 2.75) is 19.4 Å². The summed E-state index contributed by atoms with van der Waals surface area (Å²) in [5.41, 5.74) is 6.41. The smallest absolute Gasteiger partial charge is 0.136 e. The Balaban J connectivity index is 3.14. The Bertz CT molecular complexity index is 291. The zero-order valence-corrected chi connectivity index (χ0v) is 9.22. The van der Waals surface area contributed by atoms with E-state index in [1.165, 1.54) is 6.07 Å². The normalized spacial score (nSPS) is 11.8. The topological polar surface area (TPSA) is 26.0 Å². The van der Waals surface area contributed by atoms with Gasteiger partial charge < -0.3 is 5.73 Å². The fourth-order valence-corrected chi connectivity index (χ4v) is 1.41. The largest absolute Gasteiger partial charge is 0.322 e. The van der Waals surface area contributed by atoms with Crippen LogP contribution in [-0.4, -0.2) is 0 Å². The fourth-order valence-electron chi connectivity index (χ4n) is 0.897. The minimum Gasteiger partial charge on any atom is -0.322 e. The van der Waals surface area contributed by atoms with Crippen LogP contribution in [-0.2, 0) is 5.54 Å². The van der Waals surface area contributed by atoms with E-state index in [9.17, 15) is 4.39 Å². The minimum absolute atomic E-state index is 0.191. The van der Waals surface area contributed by atoms with E-state index in [1.807, 2.05) is 36.4 Å². The van der Waals surface area contributed by atoms with Crippen LogP contribution in [0.15, 0.2) is 18.2 Å². The minimum atomic E-state index is -0.395. The van der Waals surface area contributed by atoms with E-state index in [0.29, 0.717) is 3.57 Å². The first-order valence-electron chi connectivity index (χ1n) is 3.65. The summed E-state index contributed by atoms with van der Waals surface area (Å²) in [7, 11) is 0. The molecule has 1 rings (SSSR count). The van der Waals surface area contributed by atoms with E-state index >= 15 is 0 Å². The molecule has 0 saturated heterocycles. The Labute approximate surface area is 85.3 Å². The Kier molecular flexibility index (Phi) is 2.73. The van der Waals surface area contributed by atoms with Crippen LogP contribution in [0.1, 0.15) is 19.4 Å². The lowest BCUT2D eigenvalue weighted by Gasteiger charge is -2.19. The molecule has 1 nitrogen and oxygen atoms in total. The molecule has 0 unspecified atom stereocenters. The van der Waals surface area contributed by atoms with Crippen molar-refractivity contribution < 1.29 is 4.39 Å². The summed E-state index contributed by atoms with van der Waals surface area (Å²) in [4.78, 5) is 0. The highest BCUT2D eigenvalue weighted by molar-refractivity contribution is 14.1. The summed E-state index contributed by atoms with van der Waals surface area (Å²) in [5.74, 6) is -0.191. The molecule has 0 aliphatic heterocycles. The molecule has 0 saturated carbocycles. The molecule has 0 radical (unpaired) electrons. The second-order valence-corrected chi connectivity index (χ2v) is 4.51. The second kappa shape index (κ2) is 3.30. The number of halogens is 2. The van der Waals surface area contributed by atoms with E-state index in [2.05, 4.69) is 0 Å². The van der Waals surface area contributed by atoms with Crippen LogP contribution in [0, 0.1) is 9.39 Å². The van der Waals surface area contributed by atoms with Gasteiger partial charge >= 0.3 is 0 Å². The Morgan fingerprint density at radius 2 is 2.00 bits per heavy atom. The van der Waals surface area contributed by atoms with E-state index < -0.39 is 5.54 Å². The predicted molar refractivity (Wildman–Crippen MR) is 56.3 cm³/mol. The number of hydrogen-bond acceptors (Lipinski definition) is 1. The van der Waals surface area contributed by atoms with Crippen LogP contribution in [0.3, 0.4) is 0 Å². The maximum Gasteiger partial charge on any atom is 0.136 e. The summed E-state index contributed by atoms with van der Waals surface area (Å²) in [6, 6.07) is 4.94. The highest BCUT2D eigenvalue weighted by Crippen LogP contribution is 2.20. The standard InChI is InChI=1S/C9H11FIN/c1-9(2,12)6-3-4-7(10)8(11)5-6/h3-5H,12H2,1-2H3. The first kappa shape index (κ1) is 9.92. The van der Waals surface area contributed by atoms with Gasteiger partial charge in [-0.3, -0.25) is 0 Å². The molecule has 0 aromatic heterocycles. The van der Waals surface area contributed by atoms with Crippen LogP contribution in [0.25, 0.3) is 0 Å². The predicted octanol–water partition coefficient (Wildman–Crippen LogP) is 2.62. The molecule has 1 aromatic rings. The van der Waals surface area contributed by atoms with Crippen molar-refractivity contribution in [3.05, 3.63) is 33.1 Å². The molecule has 0 atom stereocenters. The Morgan fingerprint density at radius 3 is 2.42 bits per heavy atom.